The molecule has 0 unspecified atom stereocenters. The Bertz CT molecular complexity index is 1160. The van der Waals surface area contributed by atoms with Crippen molar-refractivity contribution in [3.05, 3.63) is 30.1 Å². The number of amides is 1. The molecule has 1 saturated carbocycles. The second kappa shape index (κ2) is 8.02. The van der Waals surface area contributed by atoms with Crippen LogP contribution >= 0.6 is 0 Å². The molecule has 0 aromatic carbocycles. The highest BCUT2D eigenvalue weighted by Gasteiger charge is 2.45. The van der Waals surface area contributed by atoms with Crippen molar-refractivity contribution in [3.8, 4) is 0 Å². The molecule has 0 radical (unpaired) electrons. The summed E-state index contributed by atoms with van der Waals surface area (Å²) >= 11 is 0. The zero-order valence-corrected chi connectivity index (χ0v) is 19.0. The first-order valence-corrected chi connectivity index (χ1v) is 12.1. The van der Waals surface area contributed by atoms with Gasteiger partial charge in [-0.15, -0.1) is 0 Å². The average molecular weight is 450 g/mol. The molecule has 174 valence electrons. The summed E-state index contributed by atoms with van der Waals surface area (Å²) in [5.41, 5.74) is 1.27. The van der Waals surface area contributed by atoms with Gasteiger partial charge in [-0.05, 0) is 64.1 Å². The third-order valence-electron chi connectivity index (χ3n) is 7.23. The highest BCUT2D eigenvalue weighted by atomic mass is 16.2. The Morgan fingerprint density at radius 3 is 2.97 bits per heavy atom. The van der Waals surface area contributed by atoms with Gasteiger partial charge in [0.05, 0.1) is 0 Å². The van der Waals surface area contributed by atoms with Gasteiger partial charge >= 0.3 is 0 Å². The number of fused-ring (bicyclic) bond motifs is 1. The maximum atomic E-state index is 13.4. The number of H-pyrrole nitrogens is 1. The SMILES string of the molecule is C[C@@]1(C(=O)N[C@H]2CCCNC2)CCCN1c1nc(Nc2cc(C3CC3)[nH]n2)n2cccc2n1. The summed E-state index contributed by atoms with van der Waals surface area (Å²) in [6, 6.07) is 6.14. The van der Waals surface area contributed by atoms with Gasteiger partial charge in [0.15, 0.2) is 5.82 Å². The minimum Gasteiger partial charge on any atom is -0.350 e. The second-order valence-corrected chi connectivity index (χ2v) is 9.74. The van der Waals surface area contributed by atoms with Crippen molar-refractivity contribution in [3.63, 3.8) is 0 Å². The Balaban J connectivity index is 1.29. The van der Waals surface area contributed by atoms with Crippen LogP contribution in [0.25, 0.3) is 5.65 Å². The predicted octanol–water partition coefficient (Wildman–Crippen LogP) is 2.30. The van der Waals surface area contributed by atoms with Gasteiger partial charge in [-0.1, -0.05) is 0 Å². The normalized spacial score (nSPS) is 25.5. The molecule has 2 atom stereocenters. The van der Waals surface area contributed by atoms with E-state index in [2.05, 4.69) is 37.1 Å². The van der Waals surface area contributed by atoms with Crippen LogP contribution in [0, 0.1) is 0 Å². The fourth-order valence-electron chi connectivity index (χ4n) is 5.08. The summed E-state index contributed by atoms with van der Waals surface area (Å²) in [6.07, 6.45) is 8.17. The number of carbonyl (C=O) groups excluding carboxylic acids is 1. The van der Waals surface area contributed by atoms with Gasteiger partial charge in [0.1, 0.15) is 11.2 Å². The fraction of sp³-hybridized carbons (Fsp3) is 0.565. The number of piperidine rings is 1. The van der Waals surface area contributed by atoms with Gasteiger partial charge in [0.25, 0.3) is 0 Å². The number of aromatic nitrogens is 5. The highest BCUT2D eigenvalue weighted by molar-refractivity contribution is 5.90. The van der Waals surface area contributed by atoms with E-state index in [0.29, 0.717) is 17.8 Å². The lowest BCUT2D eigenvalue weighted by Gasteiger charge is -2.36. The van der Waals surface area contributed by atoms with Crippen molar-refractivity contribution < 1.29 is 4.79 Å². The van der Waals surface area contributed by atoms with Gasteiger partial charge in [-0.25, -0.2) is 0 Å². The Kier molecular flexibility index (Phi) is 4.97. The number of carbonyl (C=O) groups is 1. The van der Waals surface area contributed by atoms with E-state index in [1.165, 1.54) is 12.8 Å². The van der Waals surface area contributed by atoms with Crippen LogP contribution in [0.4, 0.5) is 17.7 Å². The molecule has 5 heterocycles. The molecule has 4 N–H and O–H groups in total. The van der Waals surface area contributed by atoms with E-state index < -0.39 is 5.54 Å². The molecule has 0 bridgehead atoms. The largest absolute Gasteiger partial charge is 0.350 e. The zero-order chi connectivity index (χ0) is 22.4. The maximum absolute atomic E-state index is 13.4. The highest BCUT2D eigenvalue weighted by Crippen LogP contribution is 2.40. The number of aromatic amines is 1. The van der Waals surface area contributed by atoms with Crippen LogP contribution in [0.2, 0.25) is 0 Å². The lowest BCUT2D eigenvalue weighted by Crippen LogP contribution is -2.58. The van der Waals surface area contributed by atoms with Gasteiger partial charge < -0.3 is 20.9 Å². The number of nitrogens with zero attached hydrogens (tertiary/aromatic N) is 5. The molecule has 0 spiro atoms. The van der Waals surface area contributed by atoms with E-state index in [4.69, 9.17) is 9.97 Å². The molecule has 3 fully saturated rings. The molecule has 10 nitrogen and oxygen atoms in total. The standard InChI is InChI=1S/C23H31N9O/c1-23(20(33)25-16-5-2-10-24-14-16)9-4-12-32(23)22-27-19-6-3-11-31(19)21(28-22)26-18-13-17(29-30-18)15-7-8-15/h3,6,11,13,15-16,24H,2,4-5,7-10,12,14H2,1H3,(H,25,33)(H2,26,27,28,29,30)/t16-,23-/m0/s1. The van der Waals surface area contributed by atoms with Crippen LogP contribution in [0.15, 0.2) is 24.4 Å². The first-order chi connectivity index (χ1) is 16.1. The quantitative estimate of drug-likeness (QED) is 0.456. The van der Waals surface area contributed by atoms with E-state index in [-0.39, 0.29) is 11.9 Å². The fourth-order valence-corrected chi connectivity index (χ4v) is 5.08. The lowest BCUT2D eigenvalue weighted by molar-refractivity contribution is -0.126. The van der Waals surface area contributed by atoms with Gasteiger partial charge in [0, 0.05) is 43.0 Å². The van der Waals surface area contributed by atoms with Crippen LogP contribution in [0.3, 0.4) is 0 Å². The summed E-state index contributed by atoms with van der Waals surface area (Å²) in [5, 5.41) is 17.6. The molecule has 1 aliphatic carbocycles. The lowest BCUT2D eigenvalue weighted by atomic mass is 9.96. The zero-order valence-electron chi connectivity index (χ0n) is 19.0. The monoisotopic (exact) mass is 449 g/mol. The van der Waals surface area contributed by atoms with Gasteiger partial charge in [-0.3, -0.25) is 14.3 Å². The first kappa shape index (κ1) is 20.5. The molecule has 33 heavy (non-hydrogen) atoms. The minimum absolute atomic E-state index is 0.0587. The van der Waals surface area contributed by atoms with Crippen molar-refractivity contribution in [2.45, 2.75) is 62.9 Å². The summed E-state index contributed by atoms with van der Waals surface area (Å²) < 4.78 is 1.91. The van der Waals surface area contributed by atoms with Crippen LogP contribution < -0.4 is 20.9 Å². The van der Waals surface area contributed by atoms with E-state index in [0.717, 1.165) is 62.5 Å². The van der Waals surface area contributed by atoms with Crippen LogP contribution in [-0.2, 0) is 4.79 Å². The molecule has 1 amide bonds. The predicted molar refractivity (Wildman–Crippen MR) is 126 cm³/mol. The number of nitrogens with one attached hydrogen (secondary N) is 4. The molecule has 2 aliphatic heterocycles. The Labute approximate surface area is 192 Å². The van der Waals surface area contributed by atoms with Crippen molar-refractivity contribution in [2.24, 2.45) is 0 Å². The summed E-state index contributed by atoms with van der Waals surface area (Å²) in [7, 11) is 0. The van der Waals surface area contributed by atoms with E-state index in [1.54, 1.807) is 0 Å². The molecular formula is C23H31N9O. The molecule has 10 heteroatoms. The summed E-state index contributed by atoms with van der Waals surface area (Å²) in [6.45, 7) is 4.61. The first-order valence-electron chi connectivity index (χ1n) is 12.1. The van der Waals surface area contributed by atoms with Crippen LogP contribution in [0.5, 0.6) is 0 Å². The van der Waals surface area contributed by atoms with Crippen molar-refractivity contribution in [1.82, 2.24) is 35.2 Å². The number of hydrogen-bond acceptors (Lipinski definition) is 7. The number of rotatable bonds is 6. The van der Waals surface area contributed by atoms with Crippen LogP contribution in [0.1, 0.15) is 57.1 Å². The summed E-state index contributed by atoms with van der Waals surface area (Å²) in [5.74, 6) is 2.61. The number of hydrogen-bond donors (Lipinski definition) is 4. The van der Waals surface area contributed by atoms with E-state index >= 15 is 0 Å². The third-order valence-corrected chi connectivity index (χ3v) is 7.23. The molecule has 3 aliphatic rings. The molecule has 2 saturated heterocycles. The number of anilines is 3. The topological polar surface area (TPSA) is 115 Å². The average Bonchev–Trinajstić information content (AvgIpc) is 3.20. The van der Waals surface area contributed by atoms with Crippen molar-refractivity contribution >= 4 is 29.3 Å². The van der Waals surface area contributed by atoms with Gasteiger partial charge in [-0.2, -0.15) is 15.1 Å². The van der Waals surface area contributed by atoms with Crippen LogP contribution in [-0.4, -0.2) is 61.7 Å². The Hall–Kier alpha value is -3.14. The minimum atomic E-state index is -0.675. The van der Waals surface area contributed by atoms with Crippen molar-refractivity contribution in [2.75, 3.05) is 29.9 Å². The van der Waals surface area contributed by atoms with Gasteiger partial charge in [0.2, 0.25) is 17.8 Å². The maximum Gasteiger partial charge on any atom is 0.245 e. The Morgan fingerprint density at radius 1 is 1.24 bits per heavy atom. The molecule has 3 aromatic rings. The van der Waals surface area contributed by atoms with E-state index in [1.807, 2.05) is 29.7 Å². The molecule has 6 rings (SSSR count). The Morgan fingerprint density at radius 2 is 2.15 bits per heavy atom. The molecule has 3 aromatic heterocycles. The molecular weight excluding hydrogens is 418 g/mol. The summed E-state index contributed by atoms with van der Waals surface area (Å²) in [4.78, 5) is 25.1. The van der Waals surface area contributed by atoms with E-state index in [9.17, 15) is 4.79 Å². The smallest absolute Gasteiger partial charge is 0.245 e. The third kappa shape index (κ3) is 3.82. The van der Waals surface area contributed by atoms with Crippen molar-refractivity contribution in [1.29, 1.82) is 0 Å². The second-order valence-electron chi connectivity index (χ2n) is 9.74.